The molecule has 10 heteroatoms. The monoisotopic (exact) mass is 207 g/mol. The van der Waals surface area contributed by atoms with Crippen LogP contribution in [0.5, 0.6) is 0 Å². The third kappa shape index (κ3) is 2.69. The zero-order chi connectivity index (χ0) is 9.28. The van der Waals surface area contributed by atoms with E-state index in [1.54, 1.807) is 0 Å². The van der Waals surface area contributed by atoms with Gasteiger partial charge in [-0.3, -0.25) is 13.9 Å². The topological polar surface area (TPSA) is 121 Å². The van der Waals surface area contributed by atoms with Crippen LogP contribution in [-0.2, 0) is 24.8 Å². The van der Waals surface area contributed by atoms with Crippen molar-refractivity contribution in [3.63, 3.8) is 0 Å². The largest absolute Gasteiger partial charge is 0.376 e. The van der Waals surface area contributed by atoms with Crippen molar-refractivity contribution in [3.8, 4) is 0 Å². The molecule has 11 heavy (non-hydrogen) atoms. The second kappa shape index (κ2) is 3.00. The average Bonchev–Trinajstić information content (AvgIpc) is 1.84. The van der Waals surface area contributed by atoms with Crippen molar-refractivity contribution in [1.82, 2.24) is 3.87 Å². The van der Waals surface area contributed by atoms with E-state index >= 15 is 0 Å². The number of nitrogens with zero attached hydrogens (tertiary/aromatic N) is 1. The molecule has 0 heterocycles. The highest BCUT2D eigenvalue weighted by Crippen LogP contribution is 2.02. The summed E-state index contributed by atoms with van der Waals surface area (Å²) in [7, 11) is -9.39. The average molecular weight is 207 g/mol. The summed E-state index contributed by atoms with van der Waals surface area (Å²) in [5, 5.41) is 8.20. The van der Waals surface area contributed by atoms with Crippen LogP contribution in [0.1, 0.15) is 0 Å². The zero-order valence-corrected chi connectivity index (χ0v) is 6.83. The van der Waals surface area contributed by atoms with Gasteiger partial charge in [0.05, 0.1) is 11.0 Å². The maximum atomic E-state index is 10.3. The van der Waals surface area contributed by atoms with Crippen molar-refractivity contribution in [2.45, 2.75) is 0 Å². The van der Waals surface area contributed by atoms with Gasteiger partial charge in [0.15, 0.2) is 0 Å². The van der Waals surface area contributed by atoms with Crippen molar-refractivity contribution in [3.05, 3.63) is 0 Å². The molecule has 0 aliphatic carbocycles. The minimum atomic E-state index is -5.20. The van der Waals surface area contributed by atoms with Crippen LogP contribution in [0.25, 0.3) is 0 Å². The molecule has 0 aliphatic heterocycles. The van der Waals surface area contributed by atoms with Gasteiger partial charge in [-0.2, -0.15) is 16.8 Å². The molecule has 0 unspecified atom stereocenters. The number of hydrogen-bond acceptors (Lipinski definition) is 6. The van der Waals surface area contributed by atoms with Gasteiger partial charge in [-0.15, -0.1) is 0 Å². The van der Waals surface area contributed by atoms with E-state index < -0.39 is 24.5 Å². The van der Waals surface area contributed by atoms with Crippen molar-refractivity contribution in [1.29, 1.82) is 0 Å². The van der Waals surface area contributed by atoms with Gasteiger partial charge in [0.2, 0.25) is 0 Å². The molecule has 8 nitrogen and oxygen atoms in total. The predicted molar refractivity (Wildman–Crippen MR) is 31.1 cm³/mol. The molecular weight excluding hydrogens is 202 g/mol. The maximum absolute atomic E-state index is 10.3. The summed E-state index contributed by atoms with van der Waals surface area (Å²) in [6.45, 7) is 0. The summed E-state index contributed by atoms with van der Waals surface area (Å²) in [5.74, 6) is 0. The first-order chi connectivity index (χ1) is 4.72. The Bertz CT molecular complexity index is 310. The molecule has 68 valence electrons. The van der Waals surface area contributed by atoms with Crippen LogP contribution in [0.2, 0.25) is 0 Å². The second-order valence-corrected chi connectivity index (χ2v) is 4.29. The Morgan fingerprint density at radius 1 is 1.27 bits per heavy atom. The fourth-order valence-corrected chi connectivity index (χ4v) is 1.41. The third-order valence-corrected chi connectivity index (χ3v) is 2.91. The third-order valence-electron chi connectivity index (χ3n) is 0.599. The summed E-state index contributed by atoms with van der Waals surface area (Å²) >= 11 is 0. The number of rotatable bonds is 3. The lowest BCUT2D eigenvalue weighted by molar-refractivity contribution is 0.0679. The fourth-order valence-electron chi connectivity index (χ4n) is 0.179. The van der Waals surface area contributed by atoms with E-state index in [1.165, 1.54) is 0 Å². The summed E-state index contributed by atoms with van der Waals surface area (Å²) in [6, 6.07) is 0. The molecule has 0 saturated heterocycles. The first kappa shape index (κ1) is 10.7. The van der Waals surface area contributed by atoms with Crippen molar-refractivity contribution in [2.24, 2.45) is 0 Å². The quantitative estimate of drug-likeness (QED) is 0.421. The predicted octanol–water partition coefficient (Wildman–Crippen LogP) is -1.63. The molecule has 0 fully saturated rings. The van der Waals surface area contributed by atoms with Gasteiger partial charge in [0, 0.05) is 0 Å². The fraction of sp³-hybridized carbons (Fsp3) is 1.00. The van der Waals surface area contributed by atoms with E-state index in [9.17, 15) is 16.8 Å². The first-order valence-corrected chi connectivity index (χ1v) is 4.75. The van der Waals surface area contributed by atoms with Crippen LogP contribution in [0, 0.1) is 0 Å². The summed E-state index contributed by atoms with van der Waals surface area (Å²) in [5.41, 5.74) is 0. The molecule has 0 rings (SSSR count). The number of hydrogen-bond donors (Lipinski definition) is 2. The second-order valence-electron chi connectivity index (χ2n) is 1.28. The highest BCUT2D eigenvalue weighted by atomic mass is 32.3. The lowest BCUT2D eigenvalue weighted by atomic mass is 11.8. The Hall–Kier alpha value is -0.260. The van der Waals surface area contributed by atoms with Crippen LogP contribution in [0.3, 0.4) is 0 Å². The molecular formula is CH5NO7S2. The van der Waals surface area contributed by atoms with Crippen molar-refractivity contribution >= 4 is 20.6 Å². The molecule has 0 saturated carbocycles. The van der Waals surface area contributed by atoms with Crippen LogP contribution in [-0.4, -0.2) is 37.6 Å². The minimum absolute atomic E-state index is 0.615. The Kier molecular flexibility index (Phi) is 2.93. The van der Waals surface area contributed by atoms with E-state index in [1.807, 2.05) is 0 Å². The first-order valence-electron chi connectivity index (χ1n) is 1.99. The summed E-state index contributed by atoms with van der Waals surface area (Å²) in [6.07, 6.45) is 0. The molecule has 0 aromatic rings. The molecule has 2 N–H and O–H groups in total. The van der Waals surface area contributed by atoms with Crippen LogP contribution < -0.4 is 0 Å². The van der Waals surface area contributed by atoms with E-state index in [0.717, 1.165) is 0 Å². The highest BCUT2D eigenvalue weighted by Gasteiger charge is 2.31. The van der Waals surface area contributed by atoms with Gasteiger partial charge in [-0.1, -0.05) is 0 Å². The van der Waals surface area contributed by atoms with Gasteiger partial charge in [-0.25, -0.2) is 0 Å². The maximum Gasteiger partial charge on any atom is 0.376 e. The molecule has 0 atom stereocenters. The highest BCUT2D eigenvalue weighted by molar-refractivity contribution is 7.98. The normalized spacial score (nSPS) is 13.8. The Labute approximate surface area is 63.1 Å². The molecule has 0 amide bonds. The lowest BCUT2D eigenvalue weighted by Gasteiger charge is -2.07. The molecule has 0 aromatic carbocycles. The SMILES string of the molecule is COS(=O)(=O)N(O)S(=O)(=O)O. The van der Waals surface area contributed by atoms with E-state index in [0.29, 0.717) is 7.11 Å². The standard InChI is InChI=1S/CH5NO7S2/c1-9-11(7,8)2(3)10(4,5)6/h3H,1H3,(H,4,5,6). The van der Waals surface area contributed by atoms with E-state index in [4.69, 9.17) is 9.76 Å². The van der Waals surface area contributed by atoms with Crippen molar-refractivity contribution in [2.75, 3.05) is 7.11 Å². The van der Waals surface area contributed by atoms with Crippen molar-refractivity contribution < 1.29 is 30.8 Å². The Morgan fingerprint density at radius 3 is 1.73 bits per heavy atom. The summed E-state index contributed by atoms with van der Waals surface area (Å²) < 4.78 is 50.5. The van der Waals surface area contributed by atoms with Gasteiger partial charge in [0.1, 0.15) is 0 Å². The molecule has 0 aromatic heterocycles. The summed E-state index contributed by atoms with van der Waals surface area (Å²) in [4.78, 5) is 0. The smallest absolute Gasteiger partial charge is 0.282 e. The minimum Gasteiger partial charge on any atom is -0.282 e. The van der Waals surface area contributed by atoms with Gasteiger partial charge < -0.3 is 0 Å². The Balaban J connectivity index is 4.96. The Morgan fingerprint density at radius 2 is 1.64 bits per heavy atom. The zero-order valence-electron chi connectivity index (χ0n) is 5.20. The van der Waals surface area contributed by atoms with Gasteiger partial charge >= 0.3 is 20.6 Å². The molecule has 0 spiro atoms. The van der Waals surface area contributed by atoms with Crippen LogP contribution >= 0.6 is 0 Å². The van der Waals surface area contributed by atoms with Gasteiger partial charge in [-0.05, 0) is 0 Å². The lowest BCUT2D eigenvalue weighted by Crippen LogP contribution is -2.33. The van der Waals surface area contributed by atoms with Crippen LogP contribution in [0.15, 0.2) is 0 Å². The molecule has 0 bridgehead atoms. The van der Waals surface area contributed by atoms with E-state index in [-0.39, 0.29) is 0 Å². The molecule has 0 radical (unpaired) electrons. The van der Waals surface area contributed by atoms with Crippen LogP contribution in [0.4, 0.5) is 0 Å². The van der Waals surface area contributed by atoms with Gasteiger partial charge in [0.25, 0.3) is 0 Å². The molecule has 0 aliphatic rings. The van der Waals surface area contributed by atoms with E-state index in [2.05, 4.69) is 4.18 Å².